The number of ether oxygens (including phenoxy) is 1. The lowest BCUT2D eigenvalue weighted by molar-refractivity contribution is 0.251. The van der Waals surface area contributed by atoms with Crippen molar-refractivity contribution in [3.8, 4) is 11.4 Å². The van der Waals surface area contributed by atoms with E-state index in [1.54, 1.807) is 0 Å². The Kier molecular flexibility index (Phi) is 5.81. The molecular formula is C22H25N3O2. The summed E-state index contributed by atoms with van der Waals surface area (Å²) in [5.41, 5.74) is 5.21. The molecule has 3 aromatic rings. The maximum absolute atomic E-state index is 12.2. The molecule has 0 saturated carbocycles. The molecule has 5 nitrogen and oxygen atoms in total. The van der Waals surface area contributed by atoms with Crippen LogP contribution in [-0.2, 0) is 6.54 Å². The lowest BCUT2D eigenvalue weighted by Crippen LogP contribution is -2.28. The third-order valence-corrected chi connectivity index (χ3v) is 4.41. The smallest absolute Gasteiger partial charge is 0.319 e. The maximum atomic E-state index is 12.2. The van der Waals surface area contributed by atoms with Gasteiger partial charge in [-0.1, -0.05) is 18.2 Å². The summed E-state index contributed by atoms with van der Waals surface area (Å²) in [6, 6.07) is 19.4. The Morgan fingerprint density at radius 1 is 1.04 bits per heavy atom. The summed E-state index contributed by atoms with van der Waals surface area (Å²) in [6.45, 7) is 7.17. The van der Waals surface area contributed by atoms with Crippen LogP contribution < -0.4 is 15.4 Å². The highest BCUT2D eigenvalue weighted by atomic mass is 16.5. The molecular weight excluding hydrogens is 338 g/mol. The van der Waals surface area contributed by atoms with Crippen molar-refractivity contribution in [3.05, 3.63) is 77.6 Å². The first kappa shape index (κ1) is 18.6. The van der Waals surface area contributed by atoms with E-state index in [1.165, 1.54) is 0 Å². The fraction of sp³-hybridized carbons (Fsp3) is 0.227. The van der Waals surface area contributed by atoms with Crippen LogP contribution in [0.4, 0.5) is 10.5 Å². The molecule has 2 aromatic carbocycles. The number of nitrogens with one attached hydrogen (secondary N) is 2. The standard InChI is InChI=1S/C22H25N3O2/c1-4-27-21-12-10-19(11-13-21)24-22(26)23-15-18-14-16(2)25(17(18)3)20-8-6-5-7-9-20/h5-14H,4,15H2,1-3H3,(H2,23,24,26). The molecule has 3 rings (SSSR count). The SMILES string of the molecule is CCOc1ccc(NC(=O)NCc2cc(C)n(-c3ccccc3)c2C)cc1. The van der Waals surface area contributed by atoms with E-state index in [4.69, 9.17) is 4.74 Å². The minimum absolute atomic E-state index is 0.233. The lowest BCUT2D eigenvalue weighted by Gasteiger charge is -2.11. The first-order chi connectivity index (χ1) is 13.1. The fourth-order valence-corrected chi connectivity index (χ4v) is 3.13. The Labute approximate surface area is 160 Å². The largest absolute Gasteiger partial charge is 0.494 e. The Balaban J connectivity index is 1.62. The van der Waals surface area contributed by atoms with Crippen LogP contribution in [0.1, 0.15) is 23.9 Å². The number of hydrogen-bond acceptors (Lipinski definition) is 2. The molecule has 0 spiro atoms. The molecule has 0 unspecified atom stereocenters. The zero-order valence-corrected chi connectivity index (χ0v) is 16.0. The van der Waals surface area contributed by atoms with Gasteiger partial charge in [0.2, 0.25) is 0 Å². The second-order valence-corrected chi connectivity index (χ2v) is 6.33. The second kappa shape index (κ2) is 8.45. The van der Waals surface area contributed by atoms with Crippen LogP contribution in [0, 0.1) is 13.8 Å². The van der Waals surface area contributed by atoms with Crippen molar-refractivity contribution in [1.29, 1.82) is 0 Å². The summed E-state index contributed by atoms with van der Waals surface area (Å²) in [5.74, 6) is 0.789. The lowest BCUT2D eigenvalue weighted by atomic mass is 10.2. The summed E-state index contributed by atoms with van der Waals surface area (Å²) in [4.78, 5) is 12.2. The van der Waals surface area contributed by atoms with E-state index in [0.29, 0.717) is 13.2 Å². The van der Waals surface area contributed by atoms with E-state index in [-0.39, 0.29) is 6.03 Å². The number of benzene rings is 2. The topological polar surface area (TPSA) is 55.3 Å². The van der Waals surface area contributed by atoms with Crippen LogP contribution in [0.25, 0.3) is 5.69 Å². The first-order valence-corrected chi connectivity index (χ1v) is 9.09. The van der Waals surface area contributed by atoms with Gasteiger partial charge in [-0.2, -0.15) is 0 Å². The average molecular weight is 363 g/mol. The summed E-state index contributed by atoms with van der Waals surface area (Å²) in [5, 5.41) is 5.77. The summed E-state index contributed by atoms with van der Waals surface area (Å²) in [6.07, 6.45) is 0. The van der Waals surface area contributed by atoms with Crippen molar-refractivity contribution in [2.75, 3.05) is 11.9 Å². The number of urea groups is 1. The Morgan fingerprint density at radius 2 is 1.74 bits per heavy atom. The molecule has 2 amide bonds. The van der Waals surface area contributed by atoms with Gasteiger partial charge in [0.25, 0.3) is 0 Å². The number of para-hydroxylation sites is 1. The highest BCUT2D eigenvalue weighted by Crippen LogP contribution is 2.20. The maximum Gasteiger partial charge on any atom is 0.319 e. The number of aryl methyl sites for hydroxylation is 1. The van der Waals surface area contributed by atoms with Gasteiger partial charge < -0.3 is 19.9 Å². The molecule has 5 heteroatoms. The molecule has 0 bridgehead atoms. The molecule has 0 fully saturated rings. The molecule has 2 N–H and O–H groups in total. The Hall–Kier alpha value is -3.21. The second-order valence-electron chi connectivity index (χ2n) is 6.33. The van der Waals surface area contributed by atoms with Gasteiger partial charge in [-0.15, -0.1) is 0 Å². The molecule has 27 heavy (non-hydrogen) atoms. The average Bonchev–Trinajstić information content (AvgIpc) is 2.96. The zero-order valence-electron chi connectivity index (χ0n) is 16.0. The molecule has 0 aliphatic heterocycles. The quantitative estimate of drug-likeness (QED) is 0.660. The number of amides is 2. The summed E-state index contributed by atoms with van der Waals surface area (Å²) >= 11 is 0. The van der Waals surface area contributed by atoms with Crippen molar-refractivity contribution in [1.82, 2.24) is 9.88 Å². The minimum Gasteiger partial charge on any atom is -0.494 e. The van der Waals surface area contributed by atoms with Crippen molar-refractivity contribution < 1.29 is 9.53 Å². The number of aromatic nitrogens is 1. The van der Waals surface area contributed by atoms with E-state index in [0.717, 1.165) is 34.1 Å². The van der Waals surface area contributed by atoms with E-state index < -0.39 is 0 Å². The highest BCUT2D eigenvalue weighted by molar-refractivity contribution is 5.89. The summed E-state index contributed by atoms with van der Waals surface area (Å²) in [7, 11) is 0. The van der Waals surface area contributed by atoms with E-state index in [9.17, 15) is 4.79 Å². The van der Waals surface area contributed by atoms with Gasteiger partial charge in [-0.3, -0.25) is 0 Å². The van der Waals surface area contributed by atoms with E-state index in [1.807, 2.05) is 49.4 Å². The van der Waals surface area contributed by atoms with Gasteiger partial charge in [0, 0.05) is 29.3 Å². The predicted molar refractivity (Wildman–Crippen MR) is 109 cm³/mol. The molecule has 140 valence electrons. The number of nitrogens with zero attached hydrogens (tertiary/aromatic N) is 1. The number of carbonyl (C=O) groups excluding carboxylic acids is 1. The predicted octanol–water partition coefficient (Wildman–Crippen LogP) is 4.81. The Bertz CT molecular complexity index is 899. The van der Waals surface area contributed by atoms with Gasteiger partial charge in [0.15, 0.2) is 0 Å². The van der Waals surface area contributed by atoms with Gasteiger partial charge in [-0.05, 0) is 68.8 Å². The molecule has 0 aliphatic carbocycles. The summed E-state index contributed by atoms with van der Waals surface area (Å²) < 4.78 is 7.60. The molecule has 0 saturated heterocycles. The van der Waals surface area contributed by atoms with Crippen LogP contribution in [-0.4, -0.2) is 17.2 Å². The number of carbonyl (C=O) groups is 1. The van der Waals surface area contributed by atoms with Crippen molar-refractivity contribution in [2.24, 2.45) is 0 Å². The fourth-order valence-electron chi connectivity index (χ4n) is 3.13. The molecule has 1 heterocycles. The van der Waals surface area contributed by atoms with E-state index in [2.05, 4.69) is 47.2 Å². The van der Waals surface area contributed by atoms with Gasteiger partial charge in [-0.25, -0.2) is 4.79 Å². The van der Waals surface area contributed by atoms with E-state index >= 15 is 0 Å². The van der Waals surface area contributed by atoms with Gasteiger partial charge in [0.05, 0.1) is 6.61 Å². The Morgan fingerprint density at radius 3 is 2.41 bits per heavy atom. The van der Waals surface area contributed by atoms with Crippen LogP contribution in [0.15, 0.2) is 60.7 Å². The van der Waals surface area contributed by atoms with Gasteiger partial charge in [0.1, 0.15) is 5.75 Å². The van der Waals surface area contributed by atoms with Gasteiger partial charge >= 0.3 is 6.03 Å². The van der Waals surface area contributed by atoms with Crippen LogP contribution in [0.2, 0.25) is 0 Å². The van der Waals surface area contributed by atoms with Crippen molar-refractivity contribution >= 4 is 11.7 Å². The van der Waals surface area contributed by atoms with Crippen LogP contribution >= 0.6 is 0 Å². The molecule has 0 radical (unpaired) electrons. The van der Waals surface area contributed by atoms with Crippen molar-refractivity contribution in [3.63, 3.8) is 0 Å². The first-order valence-electron chi connectivity index (χ1n) is 9.09. The molecule has 0 aliphatic rings. The number of rotatable bonds is 6. The highest BCUT2D eigenvalue weighted by Gasteiger charge is 2.11. The van der Waals surface area contributed by atoms with Crippen LogP contribution in [0.3, 0.4) is 0 Å². The molecule has 1 aromatic heterocycles. The third-order valence-electron chi connectivity index (χ3n) is 4.41. The minimum atomic E-state index is -0.233. The van der Waals surface area contributed by atoms with Crippen molar-refractivity contribution in [2.45, 2.75) is 27.3 Å². The molecule has 0 atom stereocenters. The number of anilines is 1. The monoisotopic (exact) mass is 363 g/mol. The third kappa shape index (κ3) is 4.50. The van der Waals surface area contributed by atoms with Crippen LogP contribution in [0.5, 0.6) is 5.75 Å². The number of hydrogen-bond donors (Lipinski definition) is 2. The normalized spacial score (nSPS) is 10.5. The zero-order chi connectivity index (χ0) is 19.2.